The van der Waals surface area contributed by atoms with E-state index in [-0.39, 0.29) is 0 Å². The summed E-state index contributed by atoms with van der Waals surface area (Å²) in [7, 11) is 4.31. The van der Waals surface area contributed by atoms with Crippen molar-refractivity contribution >= 4 is 0 Å². The molecule has 0 N–H and O–H groups in total. The molecule has 2 aliphatic rings. The summed E-state index contributed by atoms with van der Waals surface area (Å²) in [6.07, 6.45) is 3.73. The molecule has 0 amide bonds. The molecule has 0 aromatic heterocycles. The van der Waals surface area contributed by atoms with Crippen molar-refractivity contribution < 1.29 is 4.74 Å². The Bertz CT molecular complexity index is 460. The maximum absolute atomic E-state index is 5.83. The van der Waals surface area contributed by atoms with Crippen LogP contribution in [0.5, 0.6) is 5.75 Å². The van der Waals surface area contributed by atoms with Gasteiger partial charge in [-0.3, -0.25) is 0 Å². The predicted molar refractivity (Wildman–Crippen MR) is 82.5 cm³/mol. The van der Waals surface area contributed by atoms with E-state index in [1.165, 1.54) is 51.0 Å². The van der Waals surface area contributed by atoms with Gasteiger partial charge in [0.15, 0.2) is 0 Å². The van der Waals surface area contributed by atoms with Gasteiger partial charge in [-0.15, -0.1) is 0 Å². The first-order valence-corrected chi connectivity index (χ1v) is 7.79. The van der Waals surface area contributed by atoms with Crippen LogP contribution < -0.4 is 4.74 Å². The first kappa shape index (κ1) is 13.9. The zero-order valence-electron chi connectivity index (χ0n) is 12.8. The fourth-order valence-electron chi connectivity index (χ4n) is 3.71. The summed E-state index contributed by atoms with van der Waals surface area (Å²) in [5, 5.41) is 0. The summed E-state index contributed by atoms with van der Waals surface area (Å²) in [6.45, 7) is 5.73. The molecule has 1 saturated heterocycles. The second-order valence-corrected chi connectivity index (χ2v) is 6.56. The minimum Gasteiger partial charge on any atom is -0.493 e. The third-order valence-electron chi connectivity index (χ3n) is 4.81. The lowest BCUT2D eigenvalue weighted by molar-refractivity contribution is 0.206. The molecule has 20 heavy (non-hydrogen) atoms. The molecular weight excluding hydrogens is 248 g/mol. The zero-order valence-corrected chi connectivity index (χ0v) is 12.8. The van der Waals surface area contributed by atoms with Crippen LogP contribution in [0.1, 0.15) is 24.8 Å². The molecule has 1 atom stereocenters. The number of para-hydroxylation sites is 1. The highest BCUT2D eigenvalue weighted by molar-refractivity contribution is 5.42. The lowest BCUT2D eigenvalue weighted by Crippen LogP contribution is -2.36. The number of likely N-dealkylation sites (tertiary alicyclic amines) is 1. The molecule has 2 heterocycles. The summed E-state index contributed by atoms with van der Waals surface area (Å²) >= 11 is 0. The topological polar surface area (TPSA) is 15.7 Å². The molecule has 3 heteroatoms. The average molecular weight is 274 g/mol. The minimum absolute atomic E-state index is 0.354. The van der Waals surface area contributed by atoms with Gasteiger partial charge in [0.05, 0.1) is 6.61 Å². The van der Waals surface area contributed by atoms with Crippen molar-refractivity contribution in [2.45, 2.75) is 24.7 Å². The van der Waals surface area contributed by atoms with Crippen LogP contribution in [-0.2, 0) is 5.41 Å². The first-order valence-electron chi connectivity index (χ1n) is 7.79. The molecule has 110 valence electrons. The van der Waals surface area contributed by atoms with Crippen LogP contribution in [0, 0.1) is 0 Å². The van der Waals surface area contributed by atoms with E-state index in [0.717, 1.165) is 12.4 Å². The fraction of sp³-hybridized carbons (Fsp3) is 0.647. The normalized spacial score (nSPS) is 25.9. The summed E-state index contributed by atoms with van der Waals surface area (Å²) in [4.78, 5) is 4.92. The van der Waals surface area contributed by atoms with Crippen LogP contribution in [0.25, 0.3) is 0 Å². The molecule has 3 rings (SSSR count). The van der Waals surface area contributed by atoms with Crippen molar-refractivity contribution in [3.63, 3.8) is 0 Å². The Kier molecular flexibility index (Phi) is 3.99. The van der Waals surface area contributed by atoms with E-state index in [0.29, 0.717) is 5.41 Å². The number of nitrogens with zero attached hydrogens (tertiary/aromatic N) is 2. The highest BCUT2D eigenvalue weighted by Gasteiger charge is 2.42. The number of hydrogen-bond acceptors (Lipinski definition) is 3. The van der Waals surface area contributed by atoms with E-state index in [1.807, 2.05) is 0 Å². The Balaban J connectivity index is 1.67. The highest BCUT2D eigenvalue weighted by Crippen LogP contribution is 2.44. The molecule has 0 aliphatic carbocycles. The number of rotatable bonds is 4. The van der Waals surface area contributed by atoms with Gasteiger partial charge in [0.25, 0.3) is 0 Å². The zero-order chi connectivity index (χ0) is 14.0. The SMILES string of the molecule is CN(C)CCCN1CCC2(CCOc3ccccc32)C1. The van der Waals surface area contributed by atoms with Gasteiger partial charge in [-0.25, -0.2) is 0 Å². The van der Waals surface area contributed by atoms with E-state index >= 15 is 0 Å². The van der Waals surface area contributed by atoms with Crippen molar-refractivity contribution in [3.05, 3.63) is 29.8 Å². The fourth-order valence-corrected chi connectivity index (χ4v) is 3.71. The molecule has 1 aromatic carbocycles. The van der Waals surface area contributed by atoms with E-state index in [9.17, 15) is 0 Å². The van der Waals surface area contributed by atoms with Crippen molar-refractivity contribution in [1.29, 1.82) is 0 Å². The second-order valence-electron chi connectivity index (χ2n) is 6.56. The molecule has 1 aromatic rings. The lowest BCUT2D eigenvalue weighted by Gasteiger charge is -2.35. The third kappa shape index (κ3) is 2.70. The van der Waals surface area contributed by atoms with Crippen LogP contribution in [0.4, 0.5) is 0 Å². The Morgan fingerprint density at radius 3 is 2.95 bits per heavy atom. The maximum atomic E-state index is 5.83. The number of fused-ring (bicyclic) bond motifs is 2. The Morgan fingerprint density at radius 2 is 2.10 bits per heavy atom. The first-order chi connectivity index (χ1) is 9.70. The Hall–Kier alpha value is -1.06. The van der Waals surface area contributed by atoms with Gasteiger partial charge in [0.2, 0.25) is 0 Å². The van der Waals surface area contributed by atoms with E-state index in [2.05, 4.69) is 48.2 Å². The van der Waals surface area contributed by atoms with Crippen LogP contribution in [0.2, 0.25) is 0 Å². The molecule has 1 fully saturated rings. The Labute approximate surface area is 122 Å². The van der Waals surface area contributed by atoms with E-state index in [1.54, 1.807) is 0 Å². The Morgan fingerprint density at radius 1 is 1.25 bits per heavy atom. The molecule has 0 radical (unpaired) electrons. The molecule has 0 saturated carbocycles. The maximum Gasteiger partial charge on any atom is 0.123 e. The van der Waals surface area contributed by atoms with Crippen LogP contribution >= 0.6 is 0 Å². The highest BCUT2D eigenvalue weighted by atomic mass is 16.5. The van der Waals surface area contributed by atoms with Gasteiger partial charge in [0, 0.05) is 17.5 Å². The number of hydrogen-bond donors (Lipinski definition) is 0. The molecule has 1 spiro atoms. The van der Waals surface area contributed by atoms with Gasteiger partial charge in [0.1, 0.15) is 5.75 Å². The molecule has 0 bridgehead atoms. The van der Waals surface area contributed by atoms with Gasteiger partial charge in [-0.05, 0) is 59.1 Å². The van der Waals surface area contributed by atoms with E-state index < -0.39 is 0 Å². The van der Waals surface area contributed by atoms with Crippen molar-refractivity contribution in [2.75, 3.05) is 46.9 Å². The molecule has 3 nitrogen and oxygen atoms in total. The standard InChI is InChI=1S/C17H26N2O/c1-18(2)10-5-11-19-12-8-17(14-19)9-13-20-16-7-4-3-6-15(16)17/h3-4,6-7H,5,8-14H2,1-2H3. The van der Waals surface area contributed by atoms with Crippen molar-refractivity contribution in [1.82, 2.24) is 9.80 Å². The van der Waals surface area contributed by atoms with Gasteiger partial charge in [-0.1, -0.05) is 18.2 Å². The quantitative estimate of drug-likeness (QED) is 0.838. The van der Waals surface area contributed by atoms with Crippen LogP contribution in [0.15, 0.2) is 24.3 Å². The predicted octanol–water partition coefficient (Wildman–Crippen LogP) is 2.36. The largest absolute Gasteiger partial charge is 0.493 e. The number of benzene rings is 1. The molecular formula is C17H26N2O. The van der Waals surface area contributed by atoms with Crippen LogP contribution in [-0.4, -0.2) is 56.7 Å². The number of ether oxygens (including phenoxy) is 1. The van der Waals surface area contributed by atoms with Gasteiger partial charge >= 0.3 is 0 Å². The van der Waals surface area contributed by atoms with E-state index in [4.69, 9.17) is 4.74 Å². The lowest BCUT2D eigenvalue weighted by atomic mass is 9.75. The monoisotopic (exact) mass is 274 g/mol. The van der Waals surface area contributed by atoms with Crippen LogP contribution in [0.3, 0.4) is 0 Å². The van der Waals surface area contributed by atoms with Gasteiger partial charge in [-0.2, -0.15) is 0 Å². The summed E-state index contributed by atoms with van der Waals surface area (Å²) in [5.74, 6) is 1.12. The minimum atomic E-state index is 0.354. The molecule has 1 unspecified atom stereocenters. The summed E-state index contributed by atoms with van der Waals surface area (Å²) < 4.78 is 5.83. The average Bonchev–Trinajstić information content (AvgIpc) is 2.83. The van der Waals surface area contributed by atoms with Crippen molar-refractivity contribution in [2.24, 2.45) is 0 Å². The molecule has 2 aliphatic heterocycles. The van der Waals surface area contributed by atoms with Gasteiger partial charge < -0.3 is 14.5 Å². The van der Waals surface area contributed by atoms with Crippen molar-refractivity contribution in [3.8, 4) is 5.75 Å². The third-order valence-corrected chi connectivity index (χ3v) is 4.81. The second kappa shape index (κ2) is 5.74. The summed E-state index contributed by atoms with van der Waals surface area (Å²) in [5.41, 5.74) is 1.80. The summed E-state index contributed by atoms with van der Waals surface area (Å²) in [6, 6.07) is 8.65. The smallest absolute Gasteiger partial charge is 0.123 e.